The molecule has 2 heterocycles. The van der Waals surface area contributed by atoms with Gasteiger partial charge in [0.1, 0.15) is 5.15 Å². The Bertz CT molecular complexity index is 861. The predicted octanol–water partition coefficient (Wildman–Crippen LogP) is -0.890. The van der Waals surface area contributed by atoms with Gasteiger partial charge in [-0.2, -0.15) is 0 Å². The van der Waals surface area contributed by atoms with Crippen LogP contribution >= 0.6 is 24.2 Å². The van der Waals surface area contributed by atoms with Crippen LogP contribution in [-0.2, 0) is 28.2 Å². The molecule has 2 aromatic rings. The van der Waals surface area contributed by atoms with Gasteiger partial charge in [-0.05, 0) is 0 Å². The van der Waals surface area contributed by atoms with Gasteiger partial charge < -0.3 is 0 Å². The summed E-state index contributed by atoms with van der Waals surface area (Å²) in [4.78, 5) is 43.9. The summed E-state index contributed by atoms with van der Waals surface area (Å²) in [5.41, 5.74) is -1.50. The van der Waals surface area contributed by atoms with E-state index in [1.807, 2.05) is 0 Å². The van der Waals surface area contributed by atoms with Crippen LogP contribution in [-0.4, -0.2) is 18.3 Å². The number of nitrogens with zero attached hydrogens (tertiary/aromatic N) is 4. The summed E-state index contributed by atoms with van der Waals surface area (Å²) in [5.74, 6) is 0. The van der Waals surface area contributed by atoms with E-state index >= 15 is 0 Å². The van der Waals surface area contributed by atoms with Crippen molar-refractivity contribution in [2.24, 2.45) is 28.2 Å². The zero-order chi connectivity index (χ0) is 17.2. The molecule has 22 heavy (non-hydrogen) atoms. The highest BCUT2D eigenvalue weighted by molar-refractivity contribution is 7.80. The second kappa shape index (κ2) is 6.84. The molecule has 0 aliphatic carbocycles. The van der Waals surface area contributed by atoms with E-state index in [9.17, 15) is 19.2 Å². The molecular weight excluding hydrogens is 332 g/mol. The molecule has 0 atom stereocenters. The Morgan fingerprint density at radius 3 is 1.68 bits per heavy atom. The summed E-state index contributed by atoms with van der Waals surface area (Å²) in [6.07, 6.45) is 0. The van der Waals surface area contributed by atoms with E-state index in [1.54, 1.807) is 7.05 Å². The summed E-state index contributed by atoms with van der Waals surface area (Å²) in [6.45, 7) is 0. The van der Waals surface area contributed by atoms with Gasteiger partial charge in [-0.1, -0.05) is 11.6 Å². The third-order valence-corrected chi connectivity index (χ3v) is 3.76. The fraction of sp³-hybridized carbons (Fsp3) is 0.333. The lowest BCUT2D eigenvalue weighted by molar-refractivity contribution is 0.637. The van der Waals surface area contributed by atoms with Crippen LogP contribution in [0.3, 0.4) is 0 Å². The SMILES string of the molecule is Cn1c(Cl)cc(=O)n(C)c1=O.Cn1c(S)cc(=O)n(C)c1=O. The minimum atomic E-state index is -0.414. The molecule has 0 spiro atoms. The van der Waals surface area contributed by atoms with Crippen molar-refractivity contribution in [1.82, 2.24) is 18.3 Å². The first kappa shape index (κ1) is 18.1. The van der Waals surface area contributed by atoms with Gasteiger partial charge in [0.15, 0.2) is 0 Å². The summed E-state index contributed by atoms with van der Waals surface area (Å²) in [5, 5.41) is 0.524. The van der Waals surface area contributed by atoms with E-state index in [4.69, 9.17) is 11.6 Å². The van der Waals surface area contributed by atoms with Crippen LogP contribution in [0.15, 0.2) is 36.3 Å². The maximum atomic E-state index is 11.1. The molecular formula is C12H15ClN4O4S. The second-order valence-corrected chi connectivity index (χ2v) is 5.29. The normalized spacial score (nSPS) is 10.1. The average Bonchev–Trinajstić information content (AvgIpc) is 2.47. The Morgan fingerprint density at radius 1 is 0.773 bits per heavy atom. The maximum Gasteiger partial charge on any atom is 0.331 e. The van der Waals surface area contributed by atoms with E-state index in [0.717, 1.165) is 9.13 Å². The van der Waals surface area contributed by atoms with Crippen LogP contribution < -0.4 is 22.5 Å². The van der Waals surface area contributed by atoms with E-state index in [1.165, 1.54) is 42.4 Å². The fourth-order valence-electron chi connectivity index (χ4n) is 1.43. The molecule has 8 nitrogen and oxygen atoms in total. The third kappa shape index (κ3) is 3.60. The van der Waals surface area contributed by atoms with Gasteiger partial charge in [0.25, 0.3) is 11.1 Å². The summed E-state index contributed by atoms with van der Waals surface area (Å²) < 4.78 is 4.51. The van der Waals surface area contributed by atoms with Crippen molar-refractivity contribution in [3.05, 3.63) is 59.0 Å². The van der Waals surface area contributed by atoms with Gasteiger partial charge in [-0.3, -0.25) is 27.9 Å². The molecule has 2 aromatic heterocycles. The van der Waals surface area contributed by atoms with Crippen LogP contribution in [0.1, 0.15) is 0 Å². The summed E-state index contributed by atoms with van der Waals surface area (Å²) >= 11 is 9.48. The quantitative estimate of drug-likeness (QED) is 0.495. The van der Waals surface area contributed by atoms with Crippen molar-refractivity contribution in [2.75, 3.05) is 0 Å². The first-order valence-electron chi connectivity index (χ1n) is 5.96. The number of aromatic nitrogens is 4. The number of halogens is 1. The molecule has 120 valence electrons. The maximum absolute atomic E-state index is 11.1. The zero-order valence-corrected chi connectivity index (χ0v) is 14.1. The van der Waals surface area contributed by atoms with Crippen LogP contribution in [0.25, 0.3) is 0 Å². The van der Waals surface area contributed by atoms with Crippen molar-refractivity contribution in [3.8, 4) is 0 Å². The zero-order valence-electron chi connectivity index (χ0n) is 12.4. The van der Waals surface area contributed by atoms with Crippen molar-refractivity contribution in [3.63, 3.8) is 0 Å². The molecule has 2 rings (SSSR count). The molecule has 0 fully saturated rings. The van der Waals surface area contributed by atoms with Gasteiger partial charge in [0.05, 0.1) is 5.03 Å². The van der Waals surface area contributed by atoms with Gasteiger partial charge >= 0.3 is 11.4 Å². The first-order valence-corrected chi connectivity index (χ1v) is 6.79. The fourth-order valence-corrected chi connectivity index (χ4v) is 1.79. The van der Waals surface area contributed by atoms with E-state index in [0.29, 0.717) is 5.03 Å². The van der Waals surface area contributed by atoms with Gasteiger partial charge in [-0.25, -0.2) is 9.59 Å². The lowest BCUT2D eigenvalue weighted by Crippen LogP contribution is -2.36. The number of rotatable bonds is 0. The lowest BCUT2D eigenvalue weighted by Gasteiger charge is -2.02. The Kier molecular flexibility index (Phi) is 5.61. The van der Waals surface area contributed by atoms with Crippen LogP contribution in [0.2, 0.25) is 5.15 Å². The molecule has 0 aromatic carbocycles. The monoisotopic (exact) mass is 346 g/mol. The number of hydrogen-bond donors (Lipinski definition) is 1. The molecule has 0 saturated heterocycles. The first-order chi connectivity index (χ1) is 10.1. The highest BCUT2D eigenvalue weighted by Crippen LogP contribution is 1.97. The molecule has 10 heteroatoms. The molecule has 0 aliphatic heterocycles. The Morgan fingerprint density at radius 2 is 1.18 bits per heavy atom. The van der Waals surface area contributed by atoms with Gasteiger partial charge in [0.2, 0.25) is 0 Å². The van der Waals surface area contributed by atoms with Crippen molar-refractivity contribution in [2.45, 2.75) is 5.03 Å². The minimum Gasteiger partial charge on any atom is -0.291 e. The molecule has 0 radical (unpaired) electrons. The van der Waals surface area contributed by atoms with E-state index < -0.39 is 11.2 Å². The third-order valence-electron chi connectivity index (χ3n) is 2.97. The van der Waals surface area contributed by atoms with Crippen molar-refractivity contribution in [1.29, 1.82) is 0 Å². The Labute approximate surface area is 135 Å². The highest BCUT2D eigenvalue weighted by Gasteiger charge is 2.01. The van der Waals surface area contributed by atoms with Gasteiger partial charge in [0, 0.05) is 40.3 Å². The molecule has 0 aliphatic rings. The Hall–Kier alpha value is -2.00. The average molecular weight is 347 g/mol. The van der Waals surface area contributed by atoms with E-state index in [2.05, 4.69) is 12.6 Å². The number of hydrogen-bond acceptors (Lipinski definition) is 5. The molecule has 0 amide bonds. The van der Waals surface area contributed by atoms with Crippen LogP contribution in [0.4, 0.5) is 0 Å². The van der Waals surface area contributed by atoms with Gasteiger partial charge in [-0.15, -0.1) is 12.6 Å². The standard InChI is InChI=1S/C6H7ClN2O2.C6H8N2O2S/c1-8-4(7)3-5(10)9(2)6(8)11;1-7-4(9)3-5(11)8(2)6(7)10/h3H,1-2H3;3,11H,1-2H3. The van der Waals surface area contributed by atoms with Crippen molar-refractivity contribution < 1.29 is 0 Å². The number of thiol groups is 1. The molecule has 0 saturated carbocycles. The molecule has 0 bridgehead atoms. The minimum absolute atomic E-state index is 0.151. The van der Waals surface area contributed by atoms with Crippen LogP contribution in [0, 0.1) is 0 Å². The topological polar surface area (TPSA) is 88.0 Å². The summed E-state index contributed by atoms with van der Waals surface area (Å²) in [7, 11) is 5.90. The molecule has 0 unspecified atom stereocenters. The lowest BCUT2D eigenvalue weighted by atomic mass is 10.6. The predicted molar refractivity (Wildman–Crippen MR) is 86.1 cm³/mol. The molecule has 0 N–H and O–H groups in total. The smallest absolute Gasteiger partial charge is 0.291 e. The highest BCUT2D eigenvalue weighted by atomic mass is 35.5. The van der Waals surface area contributed by atoms with Crippen LogP contribution in [0.5, 0.6) is 0 Å². The van der Waals surface area contributed by atoms with E-state index in [-0.39, 0.29) is 16.4 Å². The second-order valence-electron chi connectivity index (χ2n) is 4.45. The Balaban J connectivity index is 0.000000220. The summed E-state index contributed by atoms with van der Waals surface area (Å²) in [6, 6.07) is 2.49. The van der Waals surface area contributed by atoms with Crippen molar-refractivity contribution >= 4 is 24.2 Å². The largest absolute Gasteiger partial charge is 0.331 e.